The number of nitrogens with zero attached hydrogens (tertiary/aromatic N) is 1. The molecule has 184 valence electrons. The van der Waals surface area contributed by atoms with Gasteiger partial charge < -0.3 is 5.11 Å². The van der Waals surface area contributed by atoms with Crippen molar-refractivity contribution in [3.63, 3.8) is 0 Å². The van der Waals surface area contributed by atoms with E-state index >= 15 is 0 Å². The molecule has 0 saturated carbocycles. The van der Waals surface area contributed by atoms with Gasteiger partial charge in [-0.15, -0.1) is 0 Å². The van der Waals surface area contributed by atoms with Gasteiger partial charge in [-0.2, -0.15) is 0 Å². The average Bonchev–Trinajstić information content (AvgIpc) is 2.77. The highest BCUT2D eigenvalue weighted by Gasteiger charge is 2.34. The molecule has 3 aromatic rings. The summed E-state index contributed by atoms with van der Waals surface area (Å²) in [6, 6.07) is 13.1. The molecule has 0 aromatic heterocycles. The van der Waals surface area contributed by atoms with Gasteiger partial charge in [0.1, 0.15) is 9.79 Å². The molecule has 0 fully saturated rings. The van der Waals surface area contributed by atoms with Crippen LogP contribution in [0.5, 0.6) is 0 Å². The maximum atomic E-state index is 13.7. The van der Waals surface area contributed by atoms with Crippen LogP contribution in [0.1, 0.15) is 27.9 Å². The lowest BCUT2D eigenvalue weighted by Gasteiger charge is -2.32. The number of carbonyl (C=O) groups is 1. The second kappa shape index (κ2) is 9.34. The minimum Gasteiger partial charge on any atom is -0.478 e. The Morgan fingerprint density at radius 1 is 0.971 bits per heavy atom. The van der Waals surface area contributed by atoms with Gasteiger partial charge in [-0.05, 0) is 61.2 Å². The fourth-order valence-corrected chi connectivity index (χ4v) is 8.20. The molecule has 0 bridgehead atoms. The fourth-order valence-electron chi connectivity index (χ4n) is 4.07. The summed E-state index contributed by atoms with van der Waals surface area (Å²) in [4.78, 5) is 11.2. The van der Waals surface area contributed by atoms with Crippen LogP contribution in [-0.4, -0.2) is 34.5 Å². The molecule has 1 aliphatic heterocycles. The molecule has 0 radical (unpaired) electrons. The Hall–Kier alpha value is -2.79. The first kappa shape index (κ1) is 25.3. The largest absolute Gasteiger partial charge is 0.478 e. The topological polar surface area (TPSA) is 121 Å². The lowest BCUT2D eigenvalue weighted by atomic mass is 10.0. The molecule has 0 spiro atoms. The number of nitrogens with one attached hydrogen (secondary N) is 1. The van der Waals surface area contributed by atoms with Gasteiger partial charge in [0, 0.05) is 6.54 Å². The van der Waals surface area contributed by atoms with Crippen LogP contribution in [-0.2, 0) is 26.5 Å². The monoisotopic (exact) mass is 554 g/mol. The molecule has 4 rings (SSSR count). The summed E-state index contributed by atoms with van der Waals surface area (Å²) in [6.07, 6.45) is 1.09. The first-order chi connectivity index (χ1) is 16.4. The number of hydrogen-bond acceptors (Lipinski definition) is 5. The number of aromatic carboxylic acids is 1. The maximum absolute atomic E-state index is 13.7. The molecule has 0 amide bonds. The minimum atomic E-state index is -4.27. The number of carboxylic acids is 1. The van der Waals surface area contributed by atoms with Crippen LogP contribution < -0.4 is 9.03 Å². The summed E-state index contributed by atoms with van der Waals surface area (Å²) in [5, 5.41) is 9.47. The van der Waals surface area contributed by atoms with E-state index in [0.29, 0.717) is 24.0 Å². The smallest absolute Gasteiger partial charge is 0.337 e. The predicted molar refractivity (Wildman–Crippen MR) is 135 cm³/mol. The molecule has 1 heterocycles. The van der Waals surface area contributed by atoms with Gasteiger partial charge in [-0.1, -0.05) is 47.5 Å². The standard InChI is InChI=1S/C23H20Cl2N2O6S2/c1-14-5-2-7-17(23(28)29)21(14)35(32,33)27-12-4-6-15-10-11-16(13-20(15)27)26-34(30,31)22-18(24)8-3-9-19(22)25/h2-3,5,7-11,13,26H,4,6,12H2,1H3,(H,28,29). The van der Waals surface area contributed by atoms with E-state index in [1.165, 1.54) is 55.5 Å². The fraction of sp³-hybridized carbons (Fsp3) is 0.174. The first-order valence-electron chi connectivity index (χ1n) is 10.4. The number of sulfonamides is 2. The van der Waals surface area contributed by atoms with Gasteiger partial charge in [0.05, 0.1) is 27.0 Å². The van der Waals surface area contributed by atoms with E-state index in [9.17, 15) is 26.7 Å². The Labute approximate surface area is 213 Å². The molecule has 12 heteroatoms. The number of hydrogen-bond donors (Lipinski definition) is 2. The van der Waals surface area contributed by atoms with Crippen molar-refractivity contribution in [2.24, 2.45) is 0 Å². The summed E-state index contributed by atoms with van der Waals surface area (Å²) in [5.41, 5.74) is 1.01. The van der Waals surface area contributed by atoms with Crippen LogP contribution >= 0.6 is 23.2 Å². The molecule has 0 atom stereocenters. The van der Waals surface area contributed by atoms with Crippen molar-refractivity contribution in [2.75, 3.05) is 15.6 Å². The minimum absolute atomic E-state index is 0.0621. The second-order valence-corrected chi connectivity index (χ2v) is 12.2. The van der Waals surface area contributed by atoms with E-state index < -0.39 is 26.0 Å². The van der Waals surface area contributed by atoms with Crippen molar-refractivity contribution in [2.45, 2.75) is 29.6 Å². The third kappa shape index (κ3) is 4.71. The SMILES string of the molecule is Cc1cccc(C(=O)O)c1S(=O)(=O)N1CCCc2ccc(NS(=O)(=O)c3c(Cl)cccc3Cl)cc21. The zero-order valence-electron chi connectivity index (χ0n) is 18.3. The van der Waals surface area contributed by atoms with E-state index in [1.807, 2.05) is 0 Å². The van der Waals surface area contributed by atoms with E-state index in [0.717, 1.165) is 4.31 Å². The number of anilines is 2. The highest BCUT2D eigenvalue weighted by Crippen LogP contribution is 2.37. The Kier molecular flexibility index (Phi) is 6.76. The molecule has 2 N–H and O–H groups in total. The quantitative estimate of drug-likeness (QED) is 0.445. The average molecular weight is 555 g/mol. The number of halogens is 2. The van der Waals surface area contributed by atoms with Crippen LogP contribution in [0.2, 0.25) is 10.0 Å². The van der Waals surface area contributed by atoms with Crippen molar-refractivity contribution in [3.05, 3.63) is 81.3 Å². The summed E-state index contributed by atoms with van der Waals surface area (Å²) < 4.78 is 56.9. The molecule has 8 nitrogen and oxygen atoms in total. The van der Waals surface area contributed by atoms with Gasteiger partial charge >= 0.3 is 5.97 Å². The van der Waals surface area contributed by atoms with Crippen molar-refractivity contribution >= 4 is 60.6 Å². The van der Waals surface area contributed by atoms with Crippen LogP contribution in [0.15, 0.2) is 64.4 Å². The molecule has 0 unspecified atom stereocenters. The maximum Gasteiger partial charge on any atom is 0.337 e. The number of carboxylic acid groups (broad SMARTS) is 1. The van der Waals surface area contributed by atoms with E-state index in [4.69, 9.17) is 23.2 Å². The molecular formula is C23H20Cl2N2O6S2. The number of benzene rings is 3. The van der Waals surface area contributed by atoms with Gasteiger partial charge in [-0.25, -0.2) is 21.6 Å². The van der Waals surface area contributed by atoms with Gasteiger partial charge in [0.2, 0.25) is 0 Å². The normalized spacial score (nSPS) is 13.9. The van der Waals surface area contributed by atoms with E-state index in [-0.39, 0.29) is 43.3 Å². The van der Waals surface area contributed by atoms with Crippen LogP contribution in [0.4, 0.5) is 11.4 Å². The van der Waals surface area contributed by atoms with Crippen molar-refractivity contribution in [3.8, 4) is 0 Å². The number of aryl methyl sites for hydroxylation is 2. The van der Waals surface area contributed by atoms with Crippen LogP contribution in [0, 0.1) is 6.92 Å². The van der Waals surface area contributed by atoms with E-state index in [2.05, 4.69) is 4.72 Å². The molecule has 0 aliphatic carbocycles. The number of rotatable bonds is 6. The summed E-state index contributed by atoms with van der Waals surface area (Å²) in [6.45, 7) is 1.64. The summed E-state index contributed by atoms with van der Waals surface area (Å²) >= 11 is 12.1. The Morgan fingerprint density at radius 3 is 2.29 bits per heavy atom. The third-order valence-electron chi connectivity index (χ3n) is 5.59. The lowest BCUT2D eigenvalue weighted by molar-refractivity contribution is 0.0692. The molecule has 3 aromatic carbocycles. The summed E-state index contributed by atoms with van der Waals surface area (Å²) in [5.74, 6) is -1.36. The lowest BCUT2D eigenvalue weighted by Crippen LogP contribution is -2.36. The van der Waals surface area contributed by atoms with Gasteiger partial charge in [-0.3, -0.25) is 9.03 Å². The van der Waals surface area contributed by atoms with Gasteiger partial charge in [0.15, 0.2) is 0 Å². The zero-order valence-corrected chi connectivity index (χ0v) is 21.5. The first-order valence-corrected chi connectivity index (χ1v) is 14.1. The van der Waals surface area contributed by atoms with Crippen molar-refractivity contribution in [1.29, 1.82) is 0 Å². The summed E-state index contributed by atoms with van der Waals surface area (Å²) in [7, 11) is -8.47. The highest BCUT2D eigenvalue weighted by molar-refractivity contribution is 7.93. The molecule has 35 heavy (non-hydrogen) atoms. The molecular weight excluding hydrogens is 535 g/mol. The third-order valence-corrected chi connectivity index (χ3v) is 9.94. The predicted octanol–water partition coefficient (Wildman–Crippen LogP) is 4.94. The number of fused-ring (bicyclic) bond motifs is 1. The Morgan fingerprint density at radius 2 is 1.63 bits per heavy atom. The molecule has 0 saturated heterocycles. The van der Waals surface area contributed by atoms with Crippen molar-refractivity contribution < 1.29 is 26.7 Å². The van der Waals surface area contributed by atoms with E-state index in [1.54, 1.807) is 6.07 Å². The highest BCUT2D eigenvalue weighted by atomic mass is 35.5. The Bertz CT molecular complexity index is 1540. The van der Waals surface area contributed by atoms with Gasteiger partial charge in [0.25, 0.3) is 20.0 Å². The van der Waals surface area contributed by atoms with Crippen molar-refractivity contribution in [1.82, 2.24) is 0 Å². The second-order valence-electron chi connectivity index (χ2n) is 7.94. The zero-order chi connectivity index (χ0) is 25.5. The Balaban J connectivity index is 1.79. The molecule has 1 aliphatic rings. The van der Waals surface area contributed by atoms with Crippen LogP contribution in [0.25, 0.3) is 0 Å². The van der Waals surface area contributed by atoms with Crippen LogP contribution in [0.3, 0.4) is 0 Å².